The lowest BCUT2D eigenvalue weighted by Crippen LogP contribution is -2.12. The molecule has 1 heterocycles. The number of amides is 1. The van der Waals surface area contributed by atoms with Crippen LogP contribution >= 0.6 is 23.2 Å². The molecule has 0 saturated heterocycles. The Morgan fingerprint density at radius 1 is 0.967 bits per heavy atom. The van der Waals surface area contributed by atoms with Crippen molar-refractivity contribution in [3.8, 4) is 5.75 Å². The number of aromatic amines is 1. The molecule has 1 aromatic heterocycles. The lowest BCUT2D eigenvalue weighted by atomic mass is 10.2. The van der Waals surface area contributed by atoms with E-state index in [9.17, 15) is 13.2 Å². The molecule has 0 atom stereocenters. The summed E-state index contributed by atoms with van der Waals surface area (Å²) >= 11 is 11.7. The Hall–Kier alpha value is -3.07. The number of aromatic nitrogens is 2. The molecule has 30 heavy (non-hydrogen) atoms. The summed E-state index contributed by atoms with van der Waals surface area (Å²) in [5.41, 5.74) is 1.06. The van der Waals surface area contributed by atoms with Gasteiger partial charge in [0.15, 0.2) is 5.82 Å². The number of halogens is 2. The summed E-state index contributed by atoms with van der Waals surface area (Å²) in [4.78, 5) is 12.3. The van der Waals surface area contributed by atoms with Crippen LogP contribution in [-0.4, -0.2) is 24.5 Å². The molecule has 0 aliphatic heterocycles. The van der Waals surface area contributed by atoms with Gasteiger partial charge in [-0.3, -0.25) is 9.89 Å². The maximum absolute atomic E-state index is 12.6. The van der Waals surface area contributed by atoms with Gasteiger partial charge in [0.1, 0.15) is 10.6 Å². The van der Waals surface area contributed by atoms with Crippen LogP contribution in [0, 0.1) is 0 Å². The summed E-state index contributed by atoms with van der Waals surface area (Å²) in [7, 11) is -4.14. The molecule has 7 nitrogen and oxygen atoms in total. The monoisotopic (exact) mass is 461 g/mol. The van der Waals surface area contributed by atoms with Crippen LogP contribution in [0.2, 0.25) is 10.0 Å². The number of carbonyl (C=O) groups excluding carboxylic acids is 1. The highest BCUT2D eigenvalue weighted by Gasteiger charge is 2.19. The fourth-order valence-corrected chi connectivity index (χ4v) is 4.03. The lowest BCUT2D eigenvalue weighted by molar-refractivity contribution is 0.102. The van der Waals surface area contributed by atoms with E-state index in [1.165, 1.54) is 30.3 Å². The number of anilines is 1. The fraction of sp³-hybridized carbons (Fsp3) is 0. The highest BCUT2D eigenvalue weighted by molar-refractivity contribution is 7.87. The number of hydrogen-bond acceptors (Lipinski definition) is 5. The molecule has 0 fully saturated rings. The van der Waals surface area contributed by atoms with Crippen LogP contribution in [0.1, 0.15) is 10.4 Å². The van der Waals surface area contributed by atoms with Crippen LogP contribution in [0.25, 0.3) is 10.9 Å². The number of H-pyrrole nitrogens is 1. The number of rotatable bonds is 5. The van der Waals surface area contributed by atoms with E-state index in [4.69, 9.17) is 27.4 Å². The molecular formula is C20H13Cl2N3O4S. The molecule has 0 aliphatic rings. The molecule has 0 aliphatic carbocycles. The minimum absolute atomic E-state index is 0.0465. The van der Waals surface area contributed by atoms with Gasteiger partial charge in [0.2, 0.25) is 0 Å². The molecule has 4 rings (SSSR count). The second kappa shape index (κ2) is 7.98. The van der Waals surface area contributed by atoms with Crippen molar-refractivity contribution in [1.29, 1.82) is 0 Å². The Kier molecular flexibility index (Phi) is 5.38. The minimum Gasteiger partial charge on any atom is -0.379 e. The standard InChI is InChI=1S/C20H13Cl2N3O4S/c21-16-8-7-14(11-17(16)22)30(27,28)29-13-6-9-18-15(10-13)19(25-24-18)23-20(26)12-4-2-1-3-5-12/h1-11H,(H2,23,24,25,26). The molecule has 4 aromatic rings. The molecule has 10 heteroatoms. The van der Waals surface area contributed by atoms with Crippen LogP contribution in [-0.2, 0) is 10.1 Å². The van der Waals surface area contributed by atoms with Crippen LogP contribution in [0.3, 0.4) is 0 Å². The van der Waals surface area contributed by atoms with Crippen LogP contribution in [0.5, 0.6) is 5.75 Å². The van der Waals surface area contributed by atoms with E-state index in [0.717, 1.165) is 0 Å². The molecule has 0 radical (unpaired) electrons. The summed E-state index contributed by atoms with van der Waals surface area (Å²) in [5.74, 6) is -0.0554. The van der Waals surface area contributed by atoms with Crippen molar-refractivity contribution in [1.82, 2.24) is 10.2 Å². The first-order valence-electron chi connectivity index (χ1n) is 8.57. The smallest absolute Gasteiger partial charge is 0.339 e. The van der Waals surface area contributed by atoms with Gasteiger partial charge in [0, 0.05) is 10.9 Å². The van der Waals surface area contributed by atoms with Gasteiger partial charge < -0.3 is 9.50 Å². The molecule has 0 spiro atoms. The summed E-state index contributed by atoms with van der Waals surface area (Å²) < 4.78 is 30.4. The number of carbonyl (C=O) groups is 1. The largest absolute Gasteiger partial charge is 0.379 e. The molecule has 0 bridgehead atoms. The van der Waals surface area contributed by atoms with Gasteiger partial charge in [-0.05, 0) is 48.5 Å². The summed E-state index contributed by atoms with van der Waals surface area (Å²) in [5, 5.41) is 10.4. The maximum atomic E-state index is 12.6. The van der Waals surface area contributed by atoms with E-state index in [0.29, 0.717) is 16.5 Å². The second-order valence-electron chi connectivity index (χ2n) is 6.21. The Bertz CT molecular complexity index is 1360. The third-order valence-electron chi connectivity index (χ3n) is 4.19. The number of hydrogen-bond donors (Lipinski definition) is 2. The minimum atomic E-state index is -4.14. The average molecular weight is 462 g/mol. The van der Waals surface area contributed by atoms with Gasteiger partial charge in [0.25, 0.3) is 5.91 Å². The van der Waals surface area contributed by atoms with Crippen molar-refractivity contribution in [3.05, 3.63) is 82.3 Å². The first-order valence-corrected chi connectivity index (χ1v) is 10.7. The summed E-state index contributed by atoms with van der Waals surface area (Å²) in [6.07, 6.45) is 0. The van der Waals surface area contributed by atoms with Gasteiger partial charge in [0.05, 0.1) is 15.6 Å². The zero-order chi connectivity index (χ0) is 21.3. The molecule has 152 valence electrons. The summed E-state index contributed by atoms with van der Waals surface area (Å²) in [6, 6.07) is 17.1. The van der Waals surface area contributed by atoms with Crippen molar-refractivity contribution < 1.29 is 17.4 Å². The molecule has 0 saturated carbocycles. The third kappa shape index (κ3) is 4.11. The number of nitrogens with zero attached hydrogens (tertiary/aromatic N) is 1. The molecule has 1 amide bonds. The van der Waals surface area contributed by atoms with E-state index < -0.39 is 10.1 Å². The Balaban J connectivity index is 1.62. The summed E-state index contributed by atoms with van der Waals surface area (Å²) in [6.45, 7) is 0. The first-order chi connectivity index (χ1) is 14.3. The second-order valence-corrected chi connectivity index (χ2v) is 8.57. The van der Waals surface area contributed by atoms with E-state index in [-0.39, 0.29) is 32.4 Å². The van der Waals surface area contributed by atoms with Gasteiger partial charge in [-0.25, -0.2) is 0 Å². The first kappa shape index (κ1) is 20.2. The van der Waals surface area contributed by atoms with Crippen LogP contribution < -0.4 is 9.50 Å². The van der Waals surface area contributed by atoms with Crippen LogP contribution in [0.15, 0.2) is 71.6 Å². The highest BCUT2D eigenvalue weighted by Crippen LogP contribution is 2.29. The van der Waals surface area contributed by atoms with Gasteiger partial charge in [-0.15, -0.1) is 0 Å². The zero-order valence-corrected chi connectivity index (χ0v) is 17.4. The molecule has 3 aromatic carbocycles. The van der Waals surface area contributed by atoms with E-state index >= 15 is 0 Å². The predicted octanol–water partition coefficient (Wildman–Crippen LogP) is 4.89. The van der Waals surface area contributed by atoms with Crippen LogP contribution in [0.4, 0.5) is 5.82 Å². The van der Waals surface area contributed by atoms with Crippen molar-refractivity contribution >= 4 is 55.9 Å². The SMILES string of the molecule is O=C(Nc1n[nH]c2ccc(OS(=O)(=O)c3ccc(Cl)c(Cl)c3)cc12)c1ccccc1. The molecular weight excluding hydrogens is 449 g/mol. The van der Waals surface area contributed by atoms with Gasteiger partial charge >= 0.3 is 10.1 Å². The quantitative estimate of drug-likeness (QED) is 0.412. The normalized spacial score (nSPS) is 11.4. The van der Waals surface area contributed by atoms with Gasteiger partial charge in [-0.1, -0.05) is 41.4 Å². The van der Waals surface area contributed by atoms with Crippen molar-refractivity contribution in [2.24, 2.45) is 0 Å². The number of fused-ring (bicyclic) bond motifs is 1. The number of benzene rings is 3. The highest BCUT2D eigenvalue weighted by atomic mass is 35.5. The van der Waals surface area contributed by atoms with Crippen molar-refractivity contribution in [2.75, 3.05) is 5.32 Å². The maximum Gasteiger partial charge on any atom is 0.339 e. The van der Waals surface area contributed by atoms with Gasteiger partial charge in [-0.2, -0.15) is 13.5 Å². The molecule has 0 unspecified atom stereocenters. The third-order valence-corrected chi connectivity index (χ3v) is 6.17. The van der Waals surface area contributed by atoms with Crippen molar-refractivity contribution in [3.63, 3.8) is 0 Å². The average Bonchev–Trinajstić information content (AvgIpc) is 3.12. The Labute approximate surface area is 181 Å². The lowest BCUT2D eigenvalue weighted by Gasteiger charge is -2.08. The topological polar surface area (TPSA) is 101 Å². The fourth-order valence-electron chi connectivity index (χ4n) is 2.72. The van der Waals surface area contributed by atoms with E-state index in [2.05, 4.69) is 15.5 Å². The van der Waals surface area contributed by atoms with Crippen molar-refractivity contribution in [2.45, 2.75) is 4.90 Å². The van der Waals surface area contributed by atoms with E-state index in [1.807, 2.05) is 0 Å². The zero-order valence-electron chi connectivity index (χ0n) is 15.1. The number of nitrogens with one attached hydrogen (secondary N) is 2. The van der Waals surface area contributed by atoms with E-state index in [1.54, 1.807) is 36.4 Å². The molecule has 2 N–H and O–H groups in total. The Morgan fingerprint density at radius 3 is 2.47 bits per heavy atom. The Morgan fingerprint density at radius 2 is 1.73 bits per heavy atom. The predicted molar refractivity (Wildman–Crippen MR) is 115 cm³/mol.